The lowest BCUT2D eigenvalue weighted by Gasteiger charge is -2.22. The lowest BCUT2D eigenvalue weighted by molar-refractivity contribution is -0.142. The average molecular weight is 864 g/mol. The highest BCUT2D eigenvalue weighted by Crippen LogP contribution is 2.68. The van der Waals surface area contributed by atoms with Gasteiger partial charge in [0.2, 0.25) is 0 Å². The molecule has 0 bridgehead atoms. The summed E-state index contributed by atoms with van der Waals surface area (Å²) in [5.41, 5.74) is -3.14. The molecular weight excluding hydrogens is 831 g/mol. The van der Waals surface area contributed by atoms with Crippen LogP contribution in [0.15, 0.2) is 42.5 Å². The van der Waals surface area contributed by atoms with E-state index in [-0.39, 0.29) is 60.1 Å². The number of ketones is 1. The number of fused-ring (bicyclic) bond motifs is 4. The quantitative estimate of drug-likeness (QED) is 0.117. The first kappa shape index (κ1) is 40.9. The predicted molar refractivity (Wildman–Crippen MR) is 199 cm³/mol. The zero-order chi connectivity index (χ0) is 42.4. The molecule has 1 aliphatic heterocycles. The van der Waals surface area contributed by atoms with Gasteiger partial charge < -0.3 is 9.84 Å². The van der Waals surface area contributed by atoms with Crippen molar-refractivity contribution in [3.8, 4) is 23.0 Å². The summed E-state index contributed by atoms with van der Waals surface area (Å²) < 4.78 is 134. The van der Waals surface area contributed by atoms with Crippen LogP contribution in [0.4, 0.5) is 30.7 Å². The van der Waals surface area contributed by atoms with E-state index in [2.05, 4.69) is 22.0 Å². The summed E-state index contributed by atoms with van der Waals surface area (Å²) in [6.45, 7) is -0.794. The van der Waals surface area contributed by atoms with Crippen LogP contribution >= 0.6 is 11.6 Å². The summed E-state index contributed by atoms with van der Waals surface area (Å²) in [5.74, 6) is -4.80. The van der Waals surface area contributed by atoms with Crippen LogP contribution in [-0.4, -0.2) is 68.9 Å². The molecule has 2 aromatic carbocycles. The van der Waals surface area contributed by atoms with Gasteiger partial charge in [0.05, 0.1) is 40.9 Å². The van der Waals surface area contributed by atoms with Crippen LogP contribution in [0.2, 0.25) is 5.02 Å². The maximum Gasteiger partial charge on any atom is 0.435 e. The lowest BCUT2D eigenvalue weighted by atomic mass is 9.86. The summed E-state index contributed by atoms with van der Waals surface area (Å²) in [6.07, 6.45) is -4.85. The van der Waals surface area contributed by atoms with Gasteiger partial charge in [0, 0.05) is 66.1 Å². The molecule has 310 valence electrons. The first-order chi connectivity index (χ1) is 27.6. The van der Waals surface area contributed by atoms with E-state index in [4.69, 9.17) is 21.3 Å². The molecule has 59 heavy (non-hydrogen) atoms. The van der Waals surface area contributed by atoms with E-state index in [9.17, 15) is 40.3 Å². The molecule has 8 rings (SSSR count). The van der Waals surface area contributed by atoms with Gasteiger partial charge in [-0.05, 0) is 60.6 Å². The number of alkyl halides is 5. The first-order valence-corrected chi connectivity index (χ1v) is 20.7. The Labute approximate surface area is 337 Å². The van der Waals surface area contributed by atoms with Crippen LogP contribution < -0.4 is 0 Å². The molecule has 1 N–H and O–H groups in total. The van der Waals surface area contributed by atoms with Crippen molar-refractivity contribution < 1.29 is 53.8 Å². The lowest BCUT2D eigenvalue weighted by Crippen LogP contribution is -2.26. The molecule has 10 nitrogen and oxygen atoms in total. The summed E-state index contributed by atoms with van der Waals surface area (Å²) >= 11 is 6.63. The molecule has 1 unspecified atom stereocenters. The average Bonchev–Trinajstić information content (AvgIpc) is 3.35. The summed E-state index contributed by atoms with van der Waals surface area (Å²) in [4.78, 5) is 18.9. The molecule has 2 aliphatic carbocycles. The fourth-order valence-corrected chi connectivity index (χ4v) is 9.28. The molecule has 4 atom stereocenters. The number of sulfone groups is 1. The van der Waals surface area contributed by atoms with Gasteiger partial charge in [-0.2, -0.15) is 32.1 Å². The zero-order valence-corrected chi connectivity index (χ0v) is 32.8. The number of nitrogens with zero attached hydrogens (tertiary/aromatic N) is 5. The maximum absolute atomic E-state index is 15.4. The Bertz CT molecular complexity index is 2710. The monoisotopic (exact) mass is 863 g/mol. The number of aryl methyl sites for hydroxylation is 1. The molecular formula is C40H33ClF7N5O5S. The van der Waals surface area contributed by atoms with Crippen molar-refractivity contribution in [1.29, 1.82) is 0 Å². The predicted octanol–water partition coefficient (Wildman–Crippen LogP) is 7.02. The fourth-order valence-electron chi connectivity index (χ4n) is 8.32. The van der Waals surface area contributed by atoms with Gasteiger partial charge in [0.1, 0.15) is 29.6 Å². The zero-order valence-electron chi connectivity index (χ0n) is 31.2. The van der Waals surface area contributed by atoms with Crippen LogP contribution in [0.1, 0.15) is 70.7 Å². The Morgan fingerprint density at radius 1 is 1.10 bits per heavy atom. The van der Waals surface area contributed by atoms with Gasteiger partial charge in [-0.1, -0.05) is 23.6 Å². The number of pyridine rings is 1. The van der Waals surface area contributed by atoms with Crippen molar-refractivity contribution in [2.75, 3.05) is 19.5 Å². The topological polar surface area (TPSA) is 129 Å². The highest BCUT2D eigenvalue weighted by Gasteiger charge is 2.68. The van der Waals surface area contributed by atoms with Crippen molar-refractivity contribution in [3.05, 3.63) is 98.7 Å². The van der Waals surface area contributed by atoms with E-state index in [1.54, 1.807) is 19.2 Å². The summed E-state index contributed by atoms with van der Waals surface area (Å²) in [7, 11) is -2.05. The van der Waals surface area contributed by atoms with Gasteiger partial charge >= 0.3 is 6.18 Å². The third-order valence-corrected chi connectivity index (χ3v) is 12.0. The molecule has 1 saturated heterocycles. The Morgan fingerprint density at radius 2 is 1.81 bits per heavy atom. The van der Waals surface area contributed by atoms with Crippen LogP contribution in [0.3, 0.4) is 0 Å². The Kier molecular flexibility index (Phi) is 10.0. The summed E-state index contributed by atoms with van der Waals surface area (Å²) in [5, 5.41) is 19.2. The van der Waals surface area contributed by atoms with E-state index < -0.39 is 98.4 Å². The van der Waals surface area contributed by atoms with E-state index in [0.29, 0.717) is 32.8 Å². The Balaban J connectivity index is 1.28. The van der Waals surface area contributed by atoms with Gasteiger partial charge in [0.15, 0.2) is 26.9 Å². The molecule has 0 amide bonds. The third-order valence-electron chi connectivity index (χ3n) is 10.8. The number of hydrogen-bond donors (Lipinski definition) is 1. The maximum atomic E-state index is 15.4. The third kappa shape index (κ3) is 7.85. The van der Waals surface area contributed by atoms with E-state index in [1.807, 2.05) is 0 Å². The Hall–Kier alpha value is -4.83. The number of halogens is 8. The number of carbonyl (C=O) groups is 1. The van der Waals surface area contributed by atoms with Gasteiger partial charge in [-0.3, -0.25) is 14.2 Å². The minimum atomic E-state index is -5.06. The van der Waals surface area contributed by atoms with E-state index in [0.717, 1.165) is 18.4 Å². The second-order valence-electron chi connectivity index (χ2n) is 15.4. The number of aliphatic hydroxyl groups is 1. The van der Waals surface area contributed by atoms with Gasteiger partial charge in [-0.15, -0.1) is 0 Å². The molecule has 0 spiro atoms. The first-order valence-electron chi connectivity index (χ1n) is 18.3. The van der Waals surface area contributed by atoms with Crippen LogP contribution in [-0.2, 0) is 57.2 Å². The molecule has 0 radical (unpaired) electrons. The van der Waals surface area contributed by atoms with Gasteiger partial charge in [-0.25, -0.2) is 22.2 Å². The normalized spacial score (nSPS) is 21.3. The molecule has 4 heterocycles. The molecule has 19 heteroatoms. The largest absolute Gasteiger partial charge is 0.435 e. The number of carbonyl (C=O) groups excluding carboxylic acids is 1. The van der Waals surface area contributed by atoms with E-state index in [1.165, 1.54) is 16.8 Å². The SMILES string of the molecule is Cn1nc(CS(C)(=O)=O)c2c(Cl)ccc(-c3ccc(C#CC4(O)CCOC4)nc3[C@@H](CC(=O)Cn3nc(C(F)(F)F)c4c3C(F)(F)[C@@H]3C[C@H]43)Cc3cc(F)cc(F)c3)c21. The minimum Gasteiger partial charge on any atom is -0.377 e. The second kappa shape index (κ2) is 14.4. The minimum absolute atomic E-state index is 0.0603. The number of hydrogen-bond acceptors (Lipinski definition) is 8. The highest BCUT2D eigenvalue weighted by molar-refractivity contribution is 7.89. The van der Waals surface area contributed by atoms with Crippen molar-refractivity contribution in [3.63, 3.8) is 0 Å². The molecule has 2 fully saturated rings. The highest BCUT2D eigenvalue weighted by atomic mass is 35.5. The molecule has 1 saturated carbocycles. The van der Waals surface area contributed by atoms with Crippen molar-refractivity contribution >= 4 is 38.1 Å². The van der Waals surface area contributed by atoms with Crippen LogP contribution in [0, 0.1) is 29.4 Å². The number of ether oxygens (including phenoxy) is 1. The Morgan fingerprint density at radius 3 is 2.47 bits per heavy atom. The smallest absolute Gasteiger partial charge is 0.377 e. The number of benzene rings is 2. The number of rotatable bonds is 10. The summed E-state index contributed by atoms with van der Waals surface area (Å²) in [6, 6.07) is 8.90. The van der Waals surface area contributed by atoms with Crippen molar-refractivity contribution in [2.45, 2.75) is 67.5 Å². The van der Waals surface area contributed by atoms with Crippen molar-refractivity contribution in [2.24, 2.45) is 13.0 Å². The second-order valence-corrected chi connectivity index (χ2v) is 18.0. The van der Waals surface area contributed by atoms with Crippen LogP contribution in [0.25, 0.3) is 22.0 Å². The van der Waals surface area contributed by atoms with Crippen molar-refractivity contribution in [1.82, 2.24) is 24.5 Å². The van der Waals surface area contributed by atoms with Gasteiger partial charge in [0.25, 0.3) is 5.92 Å². The van der Waals surface area contributed by atoms with Crippen LogP contribution in [0.5, 0.6) is 0 Å². The molecule has 3 aromatic heterocycles. The van der Waals surface area contributed by atoms with E-state index >= 15 is 8.78 Å². The number of Topliss-reactive ketones (excluding diaryl/α,β-unsaturated/α-hetero) is 1. The molecule has 3 aliphatic rings. The molecule has 5 aromatic rings. The fraction of sp³-hybridized carbons (Fsp3) is 0.400. The standard InChI is InChI=1S/C40H33ClF7N5O5S/c1-52-35-27(5-6-30(41)33(35)31(50-52)18-59(2,56)57)26-4-3-24(7-8-38(55)9-10-58-19-38)49-34(26)21(11-20-12-22(42)15-23(43)13-20)14-25(54)17-53-37-32(36(51-53)40(46,47)48)28-16-29(28)39(37,44)45/h3-6,12-13,15,21,28-29,55H,9-11,14,16-19H2,1-2H3/t21-,28+,29-,38?/m1/s1. The number of aromatic nitrogens is 5.